The number of rotatable bonds is 3. The number of imide groups is 1. The molecule has 0 aromatic rings. The van der Waals surface area contributed by atoms with Crippen LogP contribution >= 0.6 is 0 Å². The van der Waals surface area contributed by atoms with Crippen molar-refractivity contribution in [3.63, 3.8) is 0 Å². The third-order valence-electron chi connectivity index (χ3n) is 2.00. The van der Waals surface area contributed by atoms with Gasteiger partial charge in [0.1, 0.15) is 0 Å². The molecule has 1 rings (SSSR count). The van der Waals surface area contributed by atoms with Crippen LogP contribution in [-0.2, 0) is 14.3 Å². The molecule has 1 N–H and O–H groups in total. The molecular weight excluding hydrogens is 174 g/mol. The number of cyclic esters (lactones) is 1. The van der Waals surface area contributed by atoms with E-state index in [2.05, 4.69) is 5.32 Å². The molecule has 1 saturated heterocycles. The van der Waals surface area contributed by atoms with Crippen LogP contribution in [0.5, 0.6) is 0 Å². The summed E-state index contributed by atoms with van der Waals surface area (Å²) in [6, 6.07) is 0. The van der Waals surface area contributed by atoms with Crippen molar-refractivity contribution >= 4 is 12.0 Å². The lowest BCUT2D eigenvalue weighted by atomic mass is 10.0. The molecule has 0 saturated carbocycles. The maximum absolute atomic E-state index is 11.1. The Morgan fingerprint density at radius 1 is 1.54 bits per heavy atom. The van der Waals surface area contributed by atoms with Gasteiger partial charge in [-0.25, -0.2) is 4.79 Å². The van der Waals surface area contributed by atoms with Crippen molar-refractivity contribution in [3.05, 3.63) is 0 Å². The Labute approximate surface area is 76.4 Å². The molecule has 1 fully saturated rings. The van der Waals surface area contributed by atoms with E-state index in [0.29, 0.717) is 6.42 Å². The van der Waals surface area contributed by atoms with Gasteiger partial charge in [-0.1, -0.05) is 0 Å². The first-order chi connectivity index (χ1) is 5.94. The predicted molar refractivity (Wildman–Crippen MR) is 44.1 cm³/mol. The minimum atomic E-state index is -0.720. The third-order valence-corrected chi connectivity index (χ3v) is 2.00. The molecule has 0 aromatic carbocycles. The first kappa shape index (κ1) is 9.98. The molecule has 5 heteroatoms. The van der Waals surface area contributed by atoms with Gasteiger partial charge in [0.2, 0.25) is 0 Å². The zero-order chi connectivity index (χ0) is 10.1. The summed E-state index contributed by atoms with van der Waals surface area (Å²) in [6.45, 7) is 3.65. The van der Waals surface area contributed by atoms with Crippen molar-refractivity contribution in [2.24, 2.45) is 0 Å². The molecule has 0 spiro atoms. The van der Waals surface area contributed by atoms with Crippen molar-refractivity contribution < 1.29 is 19.1 Å². The van der Waals surface area contributed by atoms with Gasteiger partial charge in [-0.15, -0.1) is 0 Å². The van der Waals surface area contributed by atoms with Crippen LogP contribution in [0.1, 0.15) is 20.3 Å². The quantitative estimate of drug-likeness (QED) is 0.696. The second-order valence-corrected chi connectivity index (χ2v) is 3.55. The maximum atomic E-state index is 11.1. The van der Waals surface area contributed by atoms with Gasteiger partial charge in [-0.2, -0.15) is 0 Å². The van der Waals surface area contributed by atoms with E-state index in [0.717, 1.165) is 0 Å². The van der Waals surface area contributed by atoms with E-state index in [-0.39, 0.29) is 0 Å². The molecule has 1 aliphatic heterocycles. The standard InChI is InChI=1S/C8H13NO4/c1-8(2,12-3)4-5-6(10)9-7(11)13-5/h5H,4H2,1-3H3,(H,9,10,11). The van der Waals surface area contributed by atoms with Crippen molar-refractivity contribution in [2.75, 3.05) is 7.11 Å². The second-order valence-electron chi connectivity index (χ2n) is 3.55. The molecule has 5 nitrogen and oxygen atoms in total. The van der Waals surface area contributed by atoms with Crippen LogP contribution in [0.2, 0.25) is 0 Å². The summed E-state index contributed by atoms with van der Waals surface area (Å²) in [5.74, 6) is -0.393. The summed E-state index contributed by atoms with van der Waals surface area (Å²) in [7, 11) is 1.55. The lowest BCUT2D eigenvalue weighted by molar-refractivity contribution is -0.126. The molecule has 13 heavy (non-hydrogen) atoms. The monoisotopic (exact) mass is 187 g/mol. The molecule has 1 heterocycles. The van der Waals surface area contributed by atoms with Crippen molar-refractivity contribution in [2.45, 2.75) is 32.0 Å². The van der Waals surface area contributed by atoms with Crippen LogP contribution in [0.3, 0.4) is 0 Å². The summed E-state index contributed by atoms with van der Waals surface area (Å²) in [5.41, 5.74) is -0.466. The van der Waals surface area contributed by atoms with E-state index in [1.54, 1.807) is 7.11 Å². The Morgan fingerprint density at radius 3 is 2.54 bits per heavy atom. The molecule has 0 aromatic heterocycles. The first-order valence-corrected chi connectivity index (χ1v) is 4.01. The lowest BCUT2D eigenvalue weighted by Gasteiger charge is -2.24. The molecule has 1 atom stereocenters. The highest BCUT2D eigenvalue weighted by atomic mass is 16.6. The van der Waals surface area contributed by atoms with Crippen molar-refractivity contribution in [3.8, 4) is 0 Å². The van der Waals surface area contributed by atoms with Crippen molar-refractivity contribution in [1.82, 2.24) is 5.32 Å². The molecule has 0 bridgehead atoms. The smallest absolute Gasteiger partial charge is 0.414 e. The minimum Gasteiger partial charge on any atom is -0.436 e. The number of ether oxygens (including phenoxy) is 2. The van der Waals surface area contributed by atoms with E-state index < -0.39 is 23.7 Å². The lowest BCUT2D eigenvalue weighted by Crippen LogP contribution is -2.33. The normalized spacial score (nSPS) is 22.8. The Bertz CT molecular complexity index is 236. The largest absolute Gasteiger partial charge is 0.436 e. The Morgan fingerprint density at radius 2 is 2.15 bits per heavy atom. The summed E-state index contributed by atoms with van der Waals surface area (Å²) >= 11 is 0. The highest BCUT2D eigenvalue weighted by Crippen LogP contribution is 2.19. The first-order valence-electron chi connectivity index (χ1n) is 4.01. The summed E-state index contributed by atoms with van der Waals surface area (Å²) in [5, 5.41) is 2.06. The van der Waals surface area contributed by atoms with E-state index in [1.165, 1.54) is 0 Å². The predicted octanol–water partition coefficient (Wildman–Crippen LogP) is 0.436. The van der Waals surface area contributed by atoms with Gasteiger partial charge >= 0.3 is 6.09 Å². The zero-order valence-corrected chi connectivity index (χ0v) is 7.92. The molecule has 1 aliphatic rings. The number of hydrogen-bond acceptors (Lipinski definition) is 4. The van der Waals surface area contributed by atoms with Crippen LogP contribution in [0.15, 0.2) is 0 Å². The molecule has 74 valence electrons. The van der Waals surface area contributed by atoms with Gasteiger partial charge < -0.3 is 9.47 Å². The van der Waals surface area contributed by atoms with Gasteiger partial charge in [-0.3, -0.25) is 10.1 Å². The topological polar surface area (TPSA) is 64.6 Å². The zero-order valence-electron chi connectivity index (χ0n) is 7.92. The van der Waals surface area contributed by atoms with E-state index in [1.807, 2.05) is 13.8 Å². The number of nitrogens with one attached hydrogen (secondary N) is 1. The maximum Gasteiger partial charge on any atom is 0.414 e. The third kappa shape index (κ3) is 2.42. The SMILES string of the molecule is COC(C)(C)CC1OC(=O)NC1=O. The van der Waals surface area contributed by atoms with Gasteiger partial charge in [-0.05, 0) is 13.8 Å². The van der Waals surface area contributed by atoms with Crippen LogP contribution in [-0.4, -0.2) is 30.8 Å². The van der Waals surface area contributed by atoms with E-state index in [9.17, 15) is 9.59 Å². The van der Waals surface area contributed by atoms with Crippen LogP contribution < -0.4 is 5.32 Å². The van der Waals surface area contributed by atoms with Gasteiger partial charge in [0.25, 0.3) is 5.91 Å². The Balaban J connectivity index is 2.55. The molecule has 0 radical (unpaired) electrons. The van der Waals surface area contributed by atoms with Crippen molar-refractivity contribution in [1.29, 1.82) is 0 Å². The molecular formula is C8H13NO4. The number of hydrogen-bond donors (Lipinski definition) is 1. The highest BCUT2D eigenvalue weighted by molar-refractivity contribution is 5.99. The minimum absolute atomic E-state index is 0.362. The number of carbonyl (C=O) groups excluding carboxylic acids is 2. The fourth-order valence-corrected chi connectivity index (χ4v) is 1.06. The number of amides is 2. The van der Waals surface area contributed by atoms with Gasteiger partial charge in [0, 0.05) is 13.5 Å². The summed E-state index contributed by atoms with van der Waals surface area (Å²) < 4.78 is 9.84. The summed E-state index contributed by atoms with van der Waals surface area (Å²) in [6.07, 6.45) is -1.04. The van der Waals surface area contributed by atoms with Crippen LogP contribution in [0.4, 0.5) is 4.79 Å². The number of alkyl carbamates (subject to hydrolysis) is 1. The molecule has 0 aliphatic carbocycles. The second kappa shape index (κ2) is 3.33. The number of carbonyl (C=O) groups is 2. The van der Waals surface area contributed by atoms with Crippen LogP contribution in [0.25, 0.3) is 0 Å². The fourth-order valence-electron chi connectivity index (χ4n) is 1.06. The molecule has 1 unspecified atom stereocenters. The number of methoxy groups -OCH3 is 1. The molecule has 2 amide bonds. The fraction of sp³-hybridized carbons (Fsp3) is 0.750. The highest BCUT2D eigenvalue weighted by Gasteiger charge is 2.36. The summed E-state index contributed by atoms with van der Waals surface area (Å²) in [4.78, 5) is 21.7. The van der Waals surface area contributed by atoms with Gasteiger partial charge in [0.05, 0.1) is 5.60 Å². The Kier molecular flexibility index (Phi) is 2.56. The van der Waals surface area contributed by atoms with Crippen LogP contribution in [0, 0.1) is 0 Å². The average molecular weight is 187 g/mol. The van der Waals surface area contributed by atoms with Gasteiger partial charge in [0.15, 0.2) is 6.10 Å². The Hall–Kier alpha value is -1.10. The van der Waals surface area contributed by atoms with E-state index >= 15 is 0 Å². The average Bonchev–Trinajstić information content (AvgIpc) is 2.30. The van der Waals surface area contributed by atoms with E-state index in [4.69, 9.17) is 9.47 Å².